The molecular formula is C6H2O7. The molecule has 2 N–H and O–H groups in total. The quantitative estimate of drug-likeness (QED) is 0.307. The van der Waals surface area contributed by atoms with E-state index in [0.717, 1.165) is 0 Å². The lowest BCUT2D eigenvalue weighted by atomic mass is 10.1. The van der Waals surface area contributed by atoms with Crippen LogP contribution in [0.2, 0.25) is 0 Å². The summed E-state index contributed by atoms with van der Waals surface area (Å²) in [4.78, 5) is 41.8. The van der Waals surface area contributed by atoms with Crippen molar-refractivity contribution in [2.24, 2.45) is 0 Å². The van der Waals surface area contributed by atoms with Crippen LogP contribution in [-0.4, -0.2) is 34.1 Å². The number of carbonyl (C=O) groups excluding carboxylic acids is 2. The lowest BCUT2D eigenvalue weighted by molar-refractivity contribution is -0.152. The van der Waals surface area contributed by atoms with E-state index in [9.17, 15) is 19.2 Å². The minimum Gasteiger partial charge on any atom is -0.477 e. The van der Waals surface area contributed by atoms with Crippen LogP contribution in [0.1, 0.15) is 0 Å². The fourth-order valence-corrected chi connectivity index (χ4v) is 0.779. The van der Waals surface area contributed by atoms with Crippen molar-refractivity contribution in [3.63, 3.8) is 0 Å². The van der Waals surface area contributed by atoms with Crippen LogP contribution >= 0.6 is 0 Å². The highest BCUT2D eigenvalue weighted by atomic mass is 16.6. The predicted octanol–water partition coefficient (Wildman–Crippen LogP) is -1.46. The smallest absolute Gasteiger partial charge is 0.354 e. The van der Waals surface area contributed by atoms with E-state index < -0.39 is 35.0 Å². The molecule has 7 nitrogen and oxygen atoms in total. The van der Waals surface area contributed by atoms with Crippen molar-refractivity contribution in [2.75, 3.05) is 0 Å². The number of carboxylic acid groups (broad SMARTS) is 2. The largest absolute Gasteiger partial charge is 0.477 e. The van der Waals surface area contributed by atoms with Gasteiger partial charge in [0.1, 0.15) is 0 Å². The summed E-state index contributed by atoms with van der Waals surface area (Å²) in [5, 5.41) is 16.7. The van der Waals surface area contributed by atoms with E-state index in [1.807, 2.05) is 0 Å². The van der Waals surface area contributed by atoms with Crippen molar-refractivity contribution in [1.82, 2.24) is 0 Å². The Morgan fingerprint density at radius 1 is 0.923 bits per heavy atom. The number of ether oxygens (including phenoxy) is 1. The van der Waals surface area contributed by atoms with Gasteiger partial charge in [-0.15, -0.1) is 0 Å². The molecular weight excluding hydrogens is 184 g/mol. The van der Waals surface area contributed by atoms with E-state index in [1.165, 1.54) is 0 Å². The van der Waals surface area contributed by atoms with Crippen molar-refractivity contribution < 1.29 is 34.1 Å². The van der Waals surface area contributed by atoms with Crippen molar-refractivity contribution in [3.05, 3.63) is 11.1 Å². The molecule has 0 saturated carbocycles. The third kappa shape index (κ3) is 1.26. The summed E-state index contributed by atoms with van der Waals surface area (Å²) in [6.07, 6.45) is 0. The first-order valence-electron chi connectivity index (χ1n) is 2.92. The summed E-state index contributed by atoms with van der Waals surface area (Å²) in [5.41, 5.74) is -2.28. The molecule has 0 bridgehead atoms. The summed E-state index contributed by atoms with van der Waals surface area (Å²) < 4.78 is 3.80. The molecule has 13 heavy (non-hydrogen) atoms. The van der Waals surface area contributed by atoms with Gasteiger partial charge in [-0.3, -0.25) is 0 Å². The molecule has 0 aromatic heterocycles. The van der Waals surface area contributed by atoms with Crippen LogP contribution in [0.4, 0.5) is 0 Å². The van der Waals surface area contributed by atoms with Crippen LogP contribution in [0.15, 0.2) is 11.1 Å². The van der Waals surface area contributed by atoms with Crippen molar-refractivity contribution in [2.45, 2.75) is 0 Å². The van der Waals surface area contributed by atoms with E-state index >= 15 is 0 Å². The van der Waals surface area contributed by atoms with Crippen molar-refractivity contribution in [3.8, 4) is 0 Å². The van der Waals surface area contributed by atoms with Crippen LogP contribution in [0, 0.1) is 0 Å². The fraction of sp³-hybridized carbons (Fsp3) is 0. The van der Waals surface area contributed by atoms with Gasteiger partial charge in [0.2, 0.25) is 0 Å². The molecule has 0 aliphatic carbocycles. The van der Waals surface area contributed by atoms with Gasteiger partial charge >= 0.3 is 23.9 Å². The monoisotopic (exact) mass is 186 g/mol. The lowest BCUT2D eigenvalue weighted by Crippen LogP contribution is -2.13. The van der Waals surface area contributed by atoms with E-state index in [-0.39, 0.29) is 0 Å². The maximum absolute atomic E-state index is 10.6. The highest BCUT2D eigenvalue weighted by molar-refractivity contribution is 6.33. The van der Waals surface area contributed by atoms with E-state index in [2.05, 4.69) is 4.74 Å². The minimum atomic E-state index is -1.80. The molecule has 1 aliphatic heterocycles. The number of carbonyl (C=O) groups is 4. The first-order valence-corrected chi connectivity index (χ1v) is 2.92. The summed E-state index contributed by atoms with van der Waals surface area (Å²) >= 11 is 0. The molecule has 1 rings (SSSR count). The Labute approximate surface area is 70.2 Å². The number of hydrogen-bond donors (Lipinski definition) is 2. The zero-order valence-corrected chi connectivity index (χ0v) is 5.94. The normalized spacial score (nSPS) is 16.0. The van der Waals surface area contributed by atoms with E-state index in [4.69, 9.17) is 10.2 Å². The Morgan fingerprint density at radius 3 is 1.46 bits per heavy atom. The van der Waals surface area contributed by atoms with Gasteiger partial charge in [-0.05, 0) is 0 Å². The van der Waals surface area contributed by atoms with Gasteiger partial charge in [0.05, 0.1) is 0 Å². The Balaban J connectivity index is 3.34. The van der Waals surface area contributed by atoms with Crippen molar-refractivity contribution >= 4 is 23.9 Å². The molecule has 0 saturated heterocycles. The van der Waals surface area contributed by atoms with Crippen LogP contribution in [-0.2, 0) is 23.9 Å². The summed E-state index contributed by atoms with van der Waals surface area (Å²) in [6.45, 7) is 0. The molecule has 1 heterocycles. The molecule has 0 amide bonds. The first-order chi connectivity index (χ1) is 5.95. The molecule has 68 valence electrons. The SMILES string of the molecule is O=C(O)C1=C(C(=O)O)C(=O)OC1=O. The Kier molecular flexibility index (Phi) is 1.85. The number of aliphatic carboxylic acids is 2. The second-order valence-electron chi connectivity index (χ2n) is 2.04. The van der Waals surface area contributed by atoms with Gasteiger partial charge in [-0.1, -0.05) is 0 Å². The first kappa shape index (κ1) is 8.91. The number of cyclic esters (lactones) is 2. The third-order valence-corrected chi connectivity index (χ3v) is 1.27. The Hall–Kier alpha value is -2.18. The third-order valence-electron chi connectivity index (χ3n) is 1.27. The van der Waals surface area contributed by atoms with Crippen molar-refractivity contribution in [1.29, 1.82) is 0 Å². The second-order valence-corrected chi connectivity index (χ2v) is 2.04. The minimum absolute atomic E-state index is 1.14. The Morgan fingerprint density at radius 2 is 1.23 bits per heavy atom. The number of rotatable bonds is 2. The Bertz CT molecular complexity index is 327. The molecule has 1 aliphatic rings. The van der Waals surface area contributed by atoms with Gasteiger partial charge in [0.25, 0.3) is 0 Å². The predicted molar refractivity (Wildman–Crippen MR) is 33.4 cm³/mol. The van der Waals surface area contributed by atoms with Crippen LogP contribution in [0.3, 0.4) is 0 Å². The average Bonchev–Trinajstić information content (AvgIpc) is 2.24. The number of hydrogen-bond acceptors (Lipinski definition) is 5. The zero-order valence-electron chi connectivity index (χ0n) is 5.94. The van der Waals surface area contributed by atoms with Gasteiger partial charge in [-0.2, -0.15) is 0 Å². The van der Waals surface area contributed by atoms with Gasteiger partial charge < -0.3 is 14.9 Å². The van der Waals surface area contributed by atoms with Gasteiger partial charge in [0, 0.05) is 0 Å². The highest BCUT2D eigenvalue weighted by Crippen LogP contribution is 2.17. The molecule has 0 atom stereocenters. The van der Waals surface area contributed by atoms with Crippen LogP contribution < -0.4 is 0 Å². The van der Waals surface area contributed by atoms with Gasteiger partial charge in [0.15, 0.2) is 11.1 Å². The standard InChI is InChI=1S/C6H2O7/c7-3(8)1-2(4(9)10)6(12)13-5(1)11/h(H,7,8)(H,9,10). The molecule has 7 heteroatoms. The van der Waals surface area contributed by atoms with Crippen LogP contribution in [0.5, 0.6) is 0 Å². The number of esters is 2. The lowest BCUT2D eigenvalue weighted by Gasteiger charge is -1.88. The topological polar surface area (TPSA) is 118 Å². The summed E-state index contributed by atoms with van der Waals surface area (Å²) in [5.74, 6) is -6.49. The summed E-state index contributed by atoms with van der Waals surface area (Å²) in [6, 6.07) is 0. The maximum atomic E-state index is 10.6. The fourth-order valence-electron chi connectivity index (χ4n) is 0.779. The molecule has 0 aromatic carbocycles. The molecule has 0 spiro atoms. The summed E-state index contributed by atoms with van der Waals surface area (Å²) in [7, 11) is 0. The number of carboxylic acids is 2. The molecule has 0 fully saturated rings. The van der Waals surface area contributed by atoms with Crippen LogP contribution in [0.25, 0.3) is 0 Å². The average molecular weight is 186 g/mol. The zero-order chi connectivity index (χ0) is 10.2. The van der Waals surface area contributed by atoms with E-state index in [1.54, 1.807) is 0 Å². The molecule has 0 unspecified atom stereocenters. The highest BCUT2D eigenvalue weighted by Gasteiger charge is 2.41. The molecule has 0 aromatic rings. The second kappa shape index (κ2) is 2.70. The van der Waals surface area contributed by atoms with Gasteiger partial charge in [-0.25, -0.2) is 19.2 Å². The molecule has 0 radical (unpaired) electrons. The maximum Gasteiger partial charge on any atom is 0.354 e. The van der Waals surface area contributed by atoms with E-state index in [0.29, 0.717) is 0 Å².